The number of hydrogen-bond acceptors (Lipinski definition) is 5. The molecule has 0 spiro atoms. The molecule has 0 amide bonds. The van der Waals surface area contributed by atoms with Gasteiger partial charge in [0.15, 0.2) is 5.78 Å². The topological polar surface area (TPSA) is 75.4 Å². The van der Waals surface area contributed by atoms with Crippen LogP contribution in [0.25, 0.3) is 0 Å². The first-order valence-corrected chi connectivity index (χ1v) is 9.93. The first-order chi connectivity index (χ1) is 14.0. The summed E-state index contributed by atoms with van der Waals surface area (Å²) < 4.78 is 5.53. The van der Waals surface area contributed by atoms with Gasteiger partial charge in [-0.2, -0.15) is 0 Å². The van der Waals surface area contributed by atoms with E-state index < -0.39 is 0 Å². The van der Waals surface area contributed by atoms with Crippen LogP contribution in [0, 0.1) is 6.92 Å². The summed E-state index contributed by atoms with van der Waals surface area (Å²) in [4.78, 5) is 13.4. The Labute approximate surface area is 173 Å². The summed E-state index contributed by atoms with van der Waals surface area (Å²) in [7, 11) is 0. The summed E-state index contributed by atoms with van der Waals surface area (Å²) >= 11 is 6.25. The van der Waals surface area contributed by atoms with Gasteiger partial charge in [0.2, 0.25) is 5.88 Å². The summed E-state index contributed by atoms with van der Waals surface area (Å²) in [6, 6.07) is 14.8. The van der Waals surface area contributed by atoms with E-state index in [1.54, 1.807) is 12.1 Å². The van der Waals surface area contributed by atoms with Gasteiger partial charge < -0.3 is 14.9 Å². The molecule has 0 saturated heterocycles. The number of rotatable bonds is 2. The standard InChI is InChI=1S/C23H19ClN2O3/c1-12-20-21(13-5-4-6-15(24)9-13)22-17(25-23(20)29-26-12)10-14(11-19(22)28)16-7-2-3-8-18(16)27/h2-9,14,21,25,27H,10-11H2,1H3. The lowest BCUT2D eigenvalue weighted by Gasteiger charge is -2.34. The first kappa shape index (κ1) is 18.0. The maximum atomic E-state index is 13.4. The van der Waals surface area contributed by atoms with Gasteiger partial charge in [0.05, 0.1) is 11.3 Å². The normalized spacial score (nSPS) is 20.8. The predicted octanol–water partition coefficient (Wildman–Crippen LogP) is 5.30. The second-order valence-corrected chi connectivity index (χ2v) is 8.04. The maximum Gasteiger partial charge on any atom is 0.233 e. The highest BCUT2D eigenvalue weighted by Crippen LogP contribution is 2.49. The fourth-order valence-electron chi connectivity index (χ4n) is 4.54. The van der Waals surface area contributed by atoms with Crippen LogP contribution in [0.15, 0.2) is 64.3 Å². The number of Topliss-reactive ketones (excluding diaryl/α,β-unsaturated/α-hetero) is 1. The molecule has 1 aliphatic carbocycles. The molecular formula is C23H19ClN2O3. The molecule has 0 saturated carbocycles. The summed E-state index contributed by atoms with van der Waals surface area (Å²) in [5, 5.41) is 18.3. The molecule has 1 aliphatic heterocycles. The van der Waals surface area contributed by atoms with Crippen molar-refractivity contribution in [2.75, 3.05) is 5.32 Å². The second-order valence-electron chi connectivity index (χ2n) is 7.60. The van der Waals surface area contributed by atoms with E-state index in [1.165, 1.54) is 0 Å². The van der Waals surface area contributed by atoms with E-state index in [0.29, 0.717) is 23.7 Å². The molecule has 2 aromatic carbocycles. The van der Waals surface area contributed by atoms with Crippen molar-refractivity contribution in [3.8, 4) is 5.75 Å². The number of hydrogen-bond donors (Lipinski definition) is 2. The summed E-state index contributed by atoms with van der Waals surface area (Å²) in [6.45, 7) is 1.88. The van der Waals surface area contributed by atoms with Gasteiger partial charge in [-0.3, -0.25) is 4.79 Å². The number of ketones is 1. The van der Waals surface area contributed by atoms with Gasteiger partial charge in [-0.05, 0) is 42.7 Å². The van der Waals surface area contributed by atoms with Crippen LogP contribution in [0.1, 0.15) is 47.1 Å². The fourth-order valence-corrected chi connectivity index (χ4v) is 4.74. The van der Waals surface area contributed by atoms with Crippen molar-refractivity contribution in [2.45, 2.75) is 31.6 Å². The van der Waals surface area contributed by atoms with Crippen LogP contribution in [0.5, 0.6) is 5.75 Å². The van der Waals surface area contributed by atoms with Crippen LogP contribution >= 0.6 is 11.6 Å². The molecule has 146 valence electrons. The minimum atomic E-state index is -0.274. The Morgan fingerprint density at radius 3 is 2.79 bits per heavy atom. The number of carbonyl (C=O) groups excluding carboxylic acids is 1. The molecule has 2 atom stereocenters. The zero-order valence-corrected chi connectivity index (χ0v) is 16.5. The van der Waals surface area contributed by atoms with Gasteiger partial charge in [0.1, 0.15) is 5.75 Å². The number of allylic oxidation sites excluding steroid dienone is 2. The first-order valence-electron chi connectivity index (χ1n) is 9.55. The Bertz CT molecular complexity index is 1160. The fraction of sp³-hybridized carbons (Fsp3) is 0.217. The van der Waals surface area contributed by atoms with Crippen molar-refractivity contribution in [2.24, 2.45) is 0 Å². The Balaban J connectivity index is 1.64. The summed E-state index contributed by atoms with van der Waals surface area (Å²) in [5.41, 5.74) is 4.90. The minimum Gasteiger partial charge on any atom is -0.508 e. The van der Waals surface area contributed by atoms with Crippen molar-refractivity contribution < 1.29 is 14.4 Å². The molecule has 3 aromatic rings. The molecule has 2 unspecified atom stereocenters. The van der Waals surface area contributed by atoms with Crippen LogP contribution < -0.4 is 5.32 Å². The van der Waals surface area contributed by atoms with Crippen LogP contribution in [0.3, 0.4) is 0 Å². The average Bonchev–Trinajstić information content (AvgIpc) is 3.07. The van der Waals surface area contributed by atoms with E-state index in [-0.39, 0.29) is 23.4 Å². The lowest BCUT2D eigenvalue weighted by molar-refractivity contribution is -0.116. The number of nitrogens with one attached hydrogen (secondary N) is 1. The quantitative estimate of drug-likeness (QED) is 0.604. The van der Waals surface area contributed by atoms with Crippen molar-refractivity contribution in [1.29, 1.82) is 0 Å². The Morgan fingerprint density at radius 1 is 1.17 bits per heavy atom. The molecule has 2 heterocycles. The monoisotopic (exact) mass is 406 g/mol. The molecule has 29 heavy (non-hydrogen) atoms. The highest BCUT2D eigenvalue weighted by molar-refractivity contribution is 6.30. The molecule has 1 aromatic heterocycles. The molecule has 0 bridgehead atoms. The molecule has 2 aliphatic rings. The predicted molar refractivity (Wildman–Crippen MR) is 110 cm³/mol. The van der Waals surface area contributed by atoms with E-state index >= 15 is 0 Å². The molecule has 2 N–H and O–H groups in total. The Morgan fingerprint density at radius 2 is 2.00 bits per heavy atom. The largest absolute Gasteiger partial charge is 0.508 e. The third-order valence-electron chi connectivity index (χ3n) is 5.82. The smallest absolute Gasteiger partial charge is 0.233 e. The van der Waals surface area contributed by atoms with Crippen LogP contribution in [0.2, 0.25) is 5.02 Å². The van der Waals surface area contributed by atoms with Crippen LogP contribution in [0.4, 0.5) is 5.88 Å². The third kappa shape index (κ3) is 2.93. The number of fused-ring (bicyclic) bond motifs is 1. The van der Waals surface area contributed by atoms with Crippen molar-refractivity contribution >= 4 is 23.3 Å². The lowest BCUT2D eigenvalue weighted by atomic mass is 9.72. The van der Waals surface area contributed by atoms with E-state index in [0.717, 1.165) is 33.7 Å². The molecule has 5 nitrogen and oxygen atoms in total. The number of anilines is 1. The van der Waals surface area contributed by atoms with Crippen LogP contribution in [-0.4, -0.2) is 16.0 Å². The van der Waals surface area contributed by atoms with Gasteiger partial charge >= 0.3 is 0 Å². The van der Waals surface area contributed by atoms with Crippen LogP contribution in [-0.2, 0) is 4.79 Å². The molecule has 6 heteroatoms. The number of carbonyl (C=O) groups is 1. The number of benzene rings is 2. The van der Waals surface area contributed by atoms with Crippen molar-refractivity contribution in [1.82, 2.24) is 5.16 Å². The van der Waals surface area contributed by atoms with Gasteiger partial charge in [-0.1, -0.05) is 47.1 Å². The van der Waals surface area contributed by atoms with Gasteiger partial charge in [0, 0.05) is 34.5 Å². The molecule has 0 radical (unpaired) electrons. The van der Waals surface area contributed by atoms with Crippen molar-refractivity contribution in [3.05, 3.63) is 87.2 Å². The van der Waals surface area contributed by atoms with Crippen molar-refractivity contribution in [3.63, 3.8) is 0 Å². The zero-order valence-electron chi connectivity index (χ0n) is 15.8. The third-order valence-corrected chi connectivity index (χ3v) is 6.05. The Hall–Kier alpha value is -3.05. The van der Waals surface area contributed by atoms with E-state index in [4.69, 9.17) is 16.1 Å². The average molecular weight is 407 g/mol. The van der Waals surface area contributed by atoms with Gasteiger partial charge in [-0.15, -0.1) is 0 Å². The zero-order chi connectivity index (χ0) is 20.1. The number of nitrogens with zero attached hydrogens (tertiary/aromatic N) is 1. The van der Waals surface area contributed by atoms with E-state index in [9.17, 15) is 9.90 Å². The summed E-state index contributed by atoms with van der Waals surface area (Å²) in [6.07, 6.45) is 0.948. The number of aromatic nitrogens is 1. The van der Waals surface area contributed by atoms with E-state index in [2.05, 4.69) is 10.5 Å². The van der Waals surface area contributed by atoms with Gasteiger partial charge in [0.25, 0.3) is 0 Å². The number of aryl methyl sites for hydroxylation is 1. The highest BCUT2D eigenvalue weighted by atomic mass is 35.5. The Kier molecular flexibility index (Phi) is 4.21. The number of phenols is 1. The SMILES string of the molecule is Cc1noc2c1C(c1cccc(Cl)c1)C1=C(CC(c3ccccc3O)CC1=O)N2. The highest BCUT2D eigenvalue weighted by Gasteiger charge is 2.41. The van der Waals surface area contributed by atoms with Gasteiger partial charge in [-0.25, -0.2) is 0 Å². The van der Waals surface area contributed by atoms with E-state index in [1.807, 2.05) is 43.3 Å². The number of phenolic OH excluding ortho intramolecular Hbond substituents is 1. The number of para-hydroxylation sites is 1. The lowest BCUT2D eigenvalue weighted by Crippen LogP contribution is -2.29. The molecule has 0 fully saturated rings. The maximum absolute atomic E-state index is 13.4. The molecule has 5 rings (SSSR count). The number of aromatic hydroxyl groups is 1. The number of halogens is 1. The molecular weight excluding hydrogens is 388 g/mol. The minimum absolute atomic E-state index is 0.0585. The second kappa shape index (κ2) is 6.78. The summed E-state index contributed by atoms with van der Waals surface area (Å²) in [5.74, 6) is 0.470.